The number of hydrogen-bond acceptors (Lipinski definition) is 4. The van der Waals surface area contributed by atoms with E-state index in [0.717, 1.165) is 6.07 Å². The zero-order valence-electron chi connectivity index (χ0n) is 11.4. The molecule has 21 heavy (non-hydrogen) atoms. The molecule has 114 valence electrons. The summed E-state index contributed by atoms with van der Waals surface area (Å²) in [5.41, 5.74) is -0.0422. The van der Waals surface area contributed by atoms with Crippen LogP contribution >= 0.6 is 0 Å². The quantitative estimate of drug-likeness (QED) is 0.926. The highest BCUT2D eigenvalue weighted by Gasteiger charge is 2.24. The first kappa shape index (κ1) is 15.5. The van der Waals surface area contributed by atoms with Gasteiger partial charge in [-0.05, 0) is 18.1 Å². The average Bonchev–Trinajstić information content (AvgIpc) is 2.71. The molecule has 0 fully saturated rings. The van der Waals surface area contributed by atoms with Crippen LogP contribution in [0.15, 0.2) is 23.4 Å². The number of aromatic nitrogens is 3. The van der Waals surface area contributed by atoms with Crippen LogP contribution < -0.4 is 5.14 Å². The third-order valence-electron chi connectivity index (χ3n) is 2.69. The summed E-state index contributed by atoms with van der Waals surface area (Å²) in [5.74, 6) is -1.56. The maximum Gasteiger partial charge on any atom is 0.273 e. The molecular formula is C12H14F2N4O2S. The summed E-state index contributed by atoms with van der Waals surface area (Å²) >= 11 is 0. The summed E-state index contributed by atoms with van der Waals surface area (Å²) in [5, 5.41) is 11.8. The number of benzene rings is 1. The lowest BCUT2D eigenvalue weighted by molar-refractivity contribution is 0.485. The number of rotatable bonds is 4. The molecule has 1 aromatic carbocycles. The van der Waals surface area contributed by atoms with Crippen molar-refractivity contribution in [1.29, 1.82) is 0 Å². The molecule has 0 amide bonds. The Bertz CT molecular complexity index is 772. The van der Waals surface area contributed by atoms with E-state index in [1.54, 1.807) is 0 Å². The third-order valence-corrected chi connectivity index (χ3v) is 3.50. The number of nitrogens with zero attached hydrogens (tertiary/aromatic N) is 3. The minimum Gasteiger partial charge on any atom is -0.296 e. The maximum absolute atomic E-state index is 13.9. The van der Waals surface area contributed by atoms with Gasteiger partial charge in [-0.2, -0.15) is 0 Å². The summed E-state index contributed by atoms with van der Waals surface area (Å²) < 4.78 is 51.1. The van der Waals surface area contributed by atoms with Gasteiger partial charge >= 0.3 is 0 Å². The lowest BCUT2D eigenvalue weighted by atomic mass is 10.1. The highest BCUT2D eigenvalue weighted by atomic mass is 32.2. The van der Waals surface area contributed by atoms with Gasteiger partial charge in [0.2, 0.25) is 0 Å². The largest absolute Gasteiger partial charge is 0.296 e. The van der Waals surface area contributed by atoms with Crippen LogP contribution in [0.4, 0.5) is 8.78 Å². The van der Waals surface area contributed by atoms with Crippen molar-refractivity contribution in [3.05, 3.63) is 29.8 Å². The number of nitrogens with two attached hydrogens (primary N) is 1. The Morgan fingerprint density at radius 2 is 1.95 bits per heavy atom. The van der Waals surface area contributed by atoms with Gasteiger partial charge in [0.25, 0.3) is 15.2 Å². The molecule has 2 aromatic rings. The Hall–Kier alpha value is -1.87. The first-order valence-corrected chi connectivity index (χ1v) is 7.66. The predicted molar refractivity (Wildman–Crippen MR) is 71.6 cm³/mol. The van der Waals surface area contributed by atoms with Crippen LogP contribution in [-0.4, -0.2) is 23.2 Å². The Morgan fingerprint density at radius 1 is 1.29 bits per heavy atom. The van der Waals surface area contributed by atoms with E-state index in [1.807, 2.05) is 13.8 Å². The van der Waals surface area contributed by atoms with Crippen LogP contribution in [0.1, 0.15) is 13.8 Å². The monoisotopic (exact) mass is 316 g/mol. The van der Waals surface area contributed by atoms with Crippen LogP contribution in [-0.2, 0) is 16.6 Å². The molecule has 0 aliphatic carbocycles. The van der Waals surface area contributed by atoms with Gasteiger partial charge < -0.3 is 0 Å². The van der Waals surface area contributed by atoms with E-state index in [4.69, 9.17) is 5.14 Å². The molecular weight excluding hydrogens is 302 g/mol. The molecule has 2 rings (SSSR count). The van der Waals surface area contributed by atoms with E-state index >= 15 is 0 Å². The van der Waals surface area contributed by atoms with E-state index in [1.165, 1.54) is 10.6 Å². The van der Waals surface area contributed by atoms with Crippen LogP contribution in [0.5, 0.6) is 0 Å². The fourth-order valence-corrected chi connectivity index (χ4v) is 2.52. The highest BCUT2D eigenvalue weighted by molar-refractivity contribution is 7.89. The molecule has 2 N–H and O–H groups in total. The lowest BCUT2D eigenvalue weighted by Crippen LogP contribution is -2.20. The van der Waals surface area contributed by atoms with Crippen LogP contribution in [0.25, 0.3) is 11.4 Å². The topological polar surface area (TPSA) is 90.9 Å². The Morgan fingerprint density at radius 3 is 2.48 bits per heavy atom. The number of halogens is 2. The van der Waals surface area contributed by atoms with Gasteiger partial charge in [-0.3, -0.25) is 4.57 Å². The van der Waals surface area contributed by atoms with Crippen molar-refractivity contribution in [2.45, 2.75) is 25.5 Å². The highest BCUT2D eigenvalue weighted by Crippen LogP contribution is 2.24. The standard InChI is InChI=1S/C12H14F2N4O2S/c1-7(2)6-18-11(16-17-12(18)21(15,19)20)9-4-3-8(13)5-10(9)14/h3-5,7H,6H2,1-2H3,(H2,15,19,20). The number of sulfonamides is 1. The molecule has 0 aliphatic rings. The van der Waals surface area contributed by atoms with Crippen molar-refractivity contribution in [3.63, 3.8) is 0 Å². The SMILES string of the molecule is CC(C)Cn1c(-c2ccc(F)cc2F)nnc1S(N)(=O)=O. The van der Waals surface area contributed by atoms with Gasteiger partial charge in [0.15, 0.2) is 5.82 Å². The van der Waals surface area contributed by atoms with Crippen molar-refractivity contribution in [2.75, 3.05) is 0 Å². The van der Waals surface area contributed by atoms with Gasteiger partial charge in [-0.15, -0.1) is 10.2 Å². The molecule has 0 saturated heterocycles. The zero-order valence-corrected chi connectivity index (χ0v) is 12.2. The second kappa shape index (κ2) is 5.49. The summed E-state index contributed by atoms with van der Waals surface area (Å²) in [4.78, 5) is 0. The van der Waals surface area contributed by atoms with Gasteiger partial charge in [-0.25, -0.2) is 22.3 Å². The lowest BCUT2D eigenvalue weighted by Gasteiger charge is -2.12. The van der Waals surface area contributed by atoms with Crippen LogP contribution in [0.3, 0.4) is 0 Å². The van der Waals surface area contributed by atoms with Crippen molar-refractivity contribution in [3.8, 4) is 11.4 Å². The molecule has 0 spiro atoms. The summed E-state index contributed by atoms with van der Waals surface area (Å²) in [6.07, 6.45) is 0. The second-order valence-corrected chi connectivity index (χ2v) is 6.43. The predicted octanol–water partition coefficient (Wildman–Crippen LogP) is 1.53. The second-order valence-electron chi connectivity index (χ2n) is 4.98. The summed E-state index contributed by atoms with van der Waals surface area (Å²) in [7, 11) is -4.09. The smallest absolute Gasteiger partial charge is 0.273 e. The Labute approximate surface area is 120 Å². The molecule has 0 saturated carbocycles. The summed E-state index contributed by atoms with van der Waals surface area (Å²) in [6.45, 7) is 3.92. The molecule has 0 unspecified atom stereocenters. The molecule has 0 atom stereocenters. The van der Waals surface area contributed by atoms with Crippen molar-refractivity contribution in [2.24, 2.45) is 11.1 Å². The Balaban J connectivity index is 2.66. The fourth-order valence-electron chi connectivity index (χ4n) is 1.90. The maximum atomic E-state index is 13.9. The van der Waals surface area contributed by atoms with Gasteiger partial charge in [-0.1, -0.05) is 13.8 Å². The van der Waals surface area contributed by atoms with E-state index in [9.17, 15) is 17.2 Å². The molecule has 1 heterocycles. The molecule has 0 bridgehead atoms. The van der Waals surface area contributed by atoms with Crippen molar-refractivity contribution in [1.82, 2.24) is 14.8 Å². The minimum absolute atomic E-state index is 0.00905. The van der Waals surface area contributed by atoms with Crippen molar-refractivity contribution < 1.29 is 17.2 Å². The normalized spacial score (nSPS) is 12.1. The van der Waals surface area contributed by atoms with Crippen molar-refractivity contribution >= 4 is 10.0 Å². The van der Waals surface area contributed by atoms with Crippen LogP contribution in [0.2, 0.25) is 0 Å². The van der Waals surface area contributed by atoms with E-state index in [0.29, 0.717) is 6.07 Å². The third kappa shape index (κ3) is 3.24. The molecule has 0 radical (unpaired) electrons. The molecule has 0 aliphatic heterocycles. The number of primary sulfonamides is 1. The minimum atomic E-state index is -4.09. The molecule has 9 heteroatoms. The Kier molecular flexibility index (Phi) is 4.06. The first-order valence-electron chi connectivity index (χ1n) is 6.11. The summed E-state index contributed by atoms with van der Waals surface area (Å²) in [6, 6.07) is 2.93. The van der Waals surface area contributed by atoms with E-state index in [2.05, 4.69) is 10.2 Å². The molecule has 1 aromatic heterocycles. The van der Waals surface area contributed by atoms with Gasteiger partial charge in [0, 0.05) is 12.6 Å². The van der Waals surface area contributed by atoms with Gasteiger partial charge in [0.1, 0.15) is 11.6 Å². The first-order chi connectivity index (χ1) is 9.70. The fraction of sp³-hybridized carbons (Fsp3) is 0.333. The number of hydrogen-bond donors (Lipinski definition) is 1. The van der Waals surface area contributed by atoms with E-state index < -0.39 is 26.8 Å². The average molecular weight is 316 g/mol. The van der Waals surface area contributed by atoms with E-state index in [-0.39, 0.29) is 23.9 Å². The van der Waals surface area contributed by atoms with Crippen LogP contribution in [0, 0.1) is 17.6 Å². The van der Waals surface area contributed by atoms with Gasteiger partial charge in [0.05, 0.1) is 5.56 Å². The molecule has 6 nitrogen and oxygen atoms in total. The zero-order chi connectivity index (χ0) is 15.8.